The third kappa shape index (κ3) is 5.30. The zero-order valence-electron chi connectivity index (χ0n) is 17.1. The number of hydrogen-bond acceptors (Lipinski definition) is 1. The first kappa shape index (κ1) is 21.6. The molecule has 156 valence electrons. The van der Waals surface area contributed by atoms with E-state index in [1.165, 1.54) is 5.56 Å². The van der Waals surface area contributed by atoms with Gasteiger partial charge in [0.2, 0.25) is 0 Å². The molecule has 2 atom stereocenters. The summed E-state index contributed by atoms with van der Waals surface area (Å²) in [4.78, 5) is 0. The molecule has 2 aromatic carbocycles. The molecule has 1 aliphatic heterocycles. The van der Waals surface area contributed by atoms with Crippen molar-refractivity contribution < 1.29 is 17.9 Å². The van der Waals surface area contributed by atoms with Crippen LogP contribution in [0.25, 0.3) is 12.2 Å². The molecular weight excluding hydrogens is 373 g/mol. The molecule has 3 rings (SSSR count). The van der Waals surface area contributed by atoms with Crippen molar-refractivity contribution in [1.29, 1.82) is 0 Å². The number of rotatable bonds is 7. The van der Waals surface area contributed by atoms with E-state index in [1.807, 2.05) is 31.2 Å². The minimum Gasteiger partial charge on any atom is -0.378 e. The summed E-state index contributed by atoms with van der Waals surface area (Å²) in [5.74, 6) is -1.01. The predicted molar refractivity (Wildman–Crippen MR) is 113 cm³/mol. The van der Waals surface area contributed by atoms with E-state index in [9.17, 15) is 13.2 Å². The lowest BCUT2D eigenvalue weighted by Gasteiger charge is -2.30. The summed E-state index contributed by atoms with van der Waals surface area (Å²) in [6, 6.07) is 11.3. The lowest BCUT2D eigenvalue weighted by atomic mass is 9.86. The number of aryl methyl sites for hydroxylation is 1. The summed E-state index contributed by atoms with van der Waals surface area (Å²) < 4.78 is 48.2. The Bertz CT molecular complexity index is 819. The highest BCUT2D eigenvalue weighted by Gasteiger charge is 2.28. The van der Waals surface area contributed by atoms with Gasteiger partial charge < -0.3 is 4.74 Å². The molecule has 29 heavy (non-hydrogen) atoms. The molecule has 0 saturated carbocycles. The van der Waals surface area contributed by atoms with Gasteiger partial charge in [-0.2, -0.15) is 0 Å². The van der Waals surface area contributed by atoms with Crippen LogP contribution in [0.1, 0.15) is 79.7 Å². The van der Waals surface area contributed by atoms with Crippen LogP contribution < -0.4 is 0 Å². The van der Waals surface area contributed by atoms with E-state index in [4.69, 9.17) is 4.74 Å². The van der Waals surface area contributed by atoms with Gasteiger partial charge in [0.1, 0.15) is 5.82 Å². The maximum Gasteiger partial charge on any atom is 0.266 e. The van der Waals surface area contributed by atoms with Crippen molar-refractivity contribution in [3.05, 3.63) is 70.0 Å². The minimum absolute atomic E-state index is 0.178. The first-order chi connectivity index (χ1) is 14.0. The Morgan fingerprint density at radius 3 is 2.38 bits per heavy atom. The van der Waals surface area contributed by atoms with Crippen molar-refractivity contribution in [3.8, 4) is 0 Å². The van der Waals surface area contributed by atoms with Crippen molar-refractivity contribution in [3.63, 3.8) is 0 Å². The minimum atomic E-state index is -2.85. The largest absolute Gasteiger partial charge is 0.378 e. The summed E-state index contributed by atoms with van der Waals surface area (Å²) in [5, 5.41) is 0. The molecule has 1 aliphatic rings. The molecule has 1 fully saturated rings. The standard InChI is InChI=1S/C25H29F3O/c1-3-5-17-6-8-18(9-7-17)10-11-19-13-15-22(23(24(19)26)25(27)28)20-12-14-21(4-2)29-16-20/h6-11,13,15,20-21,25H,3-5,12,14,16H2,1-2H3. The summed E-state index contributed by atoms with van der Waals surface area (Å²) >= 11 is 0. The number of halogens is 3. The third-order valence-corrected chi connectivity index (χ3v) is 5.70. The molecule has 0 N–H and O–H groups in total. The fourth-order valence-electron chi connectivity index (χ4n) is 3.97. The van der Waals surface area contributed by atoms with Crippen LogP contribution in [0.4, 0.5) is 13.2 Å². The van der Waals surface area contributed by atoms with Crippen LogP contribution in [0, 0.1) is 5.82 Å². The molecule has 0 spiro atoms. The van der Waals surface area contributed by atoms with E-state index in [-0.39, 0.29) is 17.6 Å². The SMILES string of the molecule is CCCc1ccc(C=Cc2ccc(C3CCC(CC)OC3)c(C(F)F)c2F)cc1. The summed E-state index contributed by atoms with van der Waals surface area (Å²) in [7, 11) is 0. The maximum absolute atomic E-state index is 15.0. The van der Waals surface area contributed by atoms with E-state index in [0.717, 1.165) is 37.7 Å². The molecule has 0 amide bonds. The first-order valence-electron chi connectivity index (χ1n) is 10.5. The molecule has 0 aliphatic carbocycles. The van der Waals surface area contributed by atoms with E-state index in [1.54, 1.807) is 24.3 Å². The predicted octanol–water partition coefficient (Wildman–Crippen LogP) is 7.56. The van der Waals surface area contributed by atoms with Gasteiger partial charge in [-0.25, -0.2) is 13.2 Å². The molecule has 4 heteroatoms. The fourth-order valence-corrected chi connectivity index (χ4v) is 3.97. The van der Waals surface area contributed by atoms with Gasteiger partial charge in [-0.15, -0.1) is 0 Å². The van der Waals surface area contributed by atoms with Gasteiger partial charge in [-0.1, -0.05) is 68.8 Å². The quantitative estimate of drug-likeness (QED) is 0.434. The van der Waals surface area contributed by atoms with Gasteiger partial charge in [-0.3, -0.25) is 0 Å². The molecule has 2 aromatic rings. The summed E-state index contributed by atoms with van der Waals surface area (Å²) in [5.41, 5.74) is 2.25. The molecule has 1 heterocycles. The Kier molecular flexibility index (Phi) is 7.54. The molecule has 1 nitrogen and oxygen atoms in total. The van der Waals surface area contributed by atoms with Gasteiger partial charge in [0.15, 0.2) is 0 Å². The number of alkyl halides is 2. The van der Waals surface area contributed by atoms with Crippen LogP contribution in [0.5, 0.6) is 0 Å². The molecule has 1 saturated heterocycles. The summed E-state index contributed by atoms with van der Waals surface area (Å²) in [6.07, 6.45) is 5.23. The average Bonchev–Trinajstić information content (AvgIpc) is 2.73. The van der Waals surface area contributed by atoms with Crippen molar-refractivity contribution in [2.45, 2.75) is 64.4 Å². The van der Waals surface area contributed by atoms with Crippen LogP contribution in [0.15, 0.2) is 36.4 Å². The Balaban J connectivity index is 1.82. The summed E-state index contributed by atoms with van der Waals surface area (Å²) in [6.45, 7) is 4.55. The van der Waals surface area contributed by atoms with Crippen LogP contribution in [-0.4, -0.2) is 12.7 Å². The molecular formula is C25H29F3O. The highest BCUT2D eigenvalue weighted by molar-refractivity contribution is 5.70. The number of ether oxygens (including phenoxy) is 1. The third-order valence-electron chi connectivity index (χ3n) is 5.70. The second-order valence-electron chi connectivity index (χ2n) is 7.74. The van der Waals surface area contributed by atoms with Crippen molar-refractivity contribution in [2.75, 3.05) is 6.61 Å². The lowest BCUT2D eigenvalue weighted by Crippen LogP contribution is -2.25. The van der Waals surface area contributed by atoms with Crippen molar-refractivity contribution in [2.24, 2.45) is 0 Å². The van der Waals surface area contributed by atoms with Gasteiger partial charge in [0, 0.05) is 11.5 Å². The molecule has 0 radical (unpaired) electrons. The van der Waals surface area contributed by atoms with Gasteiger partial charge in [-0.05, 0) is 42.4 Å². The van der Waals surface area contributed by atoms with Crippen LogP contribution in [0.2, 0.25) is 0 Å². The van der Waals surface area contributed by atoms with Gasteiger partial charge in [0.05, 0.1) is 18.3 Å². The second-order valence-corrected chi connectivity index (χ2v) is 7.74. The van der Waals surface area contributed by atoms with Gasteiger partial charge >= 0.3 is 0 Å². The monoisotopic (exact) mass is 402 g/mol. The smallest absolute Gasteiger partial charge is 0.266 e. The van der Waals surface area contributed by atoms with E-state index in [0.29, 0.717) is 12.2 Å². The van der Waals surface area contributed by atoms with E-state index in [2.05, 4.69) is 6.92 Å². The molecule has 0 bridgehead atoms. The highest BCUT2D eigenvalue weighted by atomic mass is 19.3. The normalized spacial score (nSPS) is 19.9. The maximum atomic E-state index is 15.0. The van der Waals surface area contributed by atoms with Crippen molar-refractivity contribution >= 4 is 12.2 Å². The molecule has 0 aromatic heterocycles. The van der Waals surface area contributed by atoms with E-state index >= 15 is 0 Å². The topological polar surface area (TPSA) is 9.23 Å². The zero-order chi connectivity index (χ0) is 20.8. The van der Waals surface area contributed by atoms with Crippen LogP contribution in [0.3, 0.4) is 0 Å². The van der Waals surface area contributed by atoms with Crippen LogP contribution >= 0.6 is 0 Å². The second kappa shape index (κ2) is 10.1. The van der Waals surface area contributed by atoms with Crippen molar-refractivity contribution in [1.82, 2.24) is 0 Å². The first-order valence-corrected chi connectivity index (χ1v) is 10.5. The van der Waals surface area contributed by atoms with Crippen LogP contribution in [-0.2, 0) is 11.2 Å². The Hall–Kier alpha value is -2.07. The Morgan fingerprint density at radius 2 is 1.79 bits per heavy atom. The lowest BCUT2D eigenvalue weighted by molar-refractivity contribution is 0.00120. The fraction of sp³-hybridized carbons (Fsp3) is 0.440. The Labute approximate surface area is 171 Å². The van der Waals surface area contributed by atoms with Gasteiger partial charge in [0.25, 0.3) is 6.43 Å². The average molecular weight is 402 g/mol. The number of hydrogen-bond donors (Lipinski definition) is 0. The number of benzene rings is 2. The highest BCUT2D eigenvalue weighted by Crippen LogP contribution is 2.37. The van der Waals surface area contributed by atoms with E-state index < -0.39 is 17.8 Å². The zero-order valence-corrected chi connectivity index (χ0v) is 17.1. The Morgan fingerprint density at radius 1 is 1.03 bits per heavy atom. The molecule has 2 unspecified atom stereocenters.